The van der Waals surface area contributed by atoms with E-state index in [1.165, 1.54) is 57.8 Å². The summed E-state index contributed by atoms with van der Waals surface area (Å²) in [6.45, 7) is 7.15. The minimum Gasteiger partial charge on any atom is -0.378 e. The van der Waals surface area contributed by atoms with Crippen LogP contribution < -0.4 is 0 Å². The van der Waals surface area contributed by atoms with E-state index in [4.69, 9.17) is 4.74 Å². The third kappa shape index (κ3) is 5.16. The number of ether oxygens (including phenoxy) is 1. The van der Waals surface area contributed by atoms with E-state index in [9.17, 15) is 0 Å². The Morgan fingerprint density at radius 3 is 2.69 bits per heavy atom. The van der Waals surface area contributed by atoms with E-state index in [-0.39, 0.29) is 0 Å². The molecule has 0 aromatic heterocycles. The Bertz CT molecular complexity index is 176. The van der Waals surface area contributed by atoms with Crippen molar-refractivity contribution in [2.24, 2.45) is 5.92 Å². The van der Waals surface area contributed by atoms with Crippen LogP contribution in [0.2, 0.25) is 0 Å². The van der Waals surface area contributed by atoms with Crippen LogP contribution in [-0.4, -0.2) is 12.7 Å². The van der Waals surface area contributed by atoms with Gasteiger partial charge in [-0.1, -0.05) is 51.5 Å². The highest BCUT2D eigenvalue weighted by Gasteiger charge is 2.22. The maximum absolute atomic E-state index is 5.84. The van der Waals surface area contributed by atoms with Crippen molar-refractivity contribution < 1.29 is 4.74 Å². The molecule has 0 amide bonds. The van der Waals surface area contributed by atoms with Gasteiger partial charge in [0, 0.05) is 12.5 Å². The molecule has 0 N–H and O–H groups in total. The zero-order chi connectivity index (χ0) is 11.6. The molecular formula is C15H28O. The second-order valence-corrected chi connectivity index (χ2v) is 5.01. The van der Waals surface area contributed by atoms with Gasteiger partial charge in [0.15, 0.2) is 0 Å². The van der Waals surface area contributed by atoms with Crippen molar-refractivity contribution in [2.75, 3.05) is 6.61 Å². The molecule has 1 heteroatoms. The van der Waals surface area contributed by atoms with Crippen LogP contribution in [0.1, 0.15) is 64.7 Å². The van der Waals surface area contributed by atoms with Crippen LogP contribution in [0.25, 0.3) is 0 Å². The molecule has 0 aliphatic carbocycles. The van der Waals surface area contributed by atoms with Crippen LogP contribution in [0.3, 0.4) is 0 Å². The first kappa shape index (κ1) is 13.8. The molecule has 94 valence electrons. The van der Waals surface area contributed by atoms with Gasteiger partial charge in [0.1, 0.15) is 0 Å². The molecule has 1 heterocycles. The van der Waals surface area contributed by atoms with Crippen LogP contribution in [0.15, 0.2) is 12.7 Å². The van der Waals surface area contributed by atoms with Crippen LogP contribution >= 0.6 is 0 Å². The van der Waals surface area contributed by atoms with Crippen molar-refractivity contribution in [1.29, 1.82) is 0 Å². The van der Waals surface area contributed by atoms with Gasteiger partial charge >= 0.3 is 0 Å². The maximum Gasteiger partial charge on any atom is 0.0637 e. The molecule has 1 saturated heterocycles. The van der Waals surface area contributed by atoms with Gasteiger partial charge in [-0.3, -0.25) is 0 Å². The number of rotatable bonds is 8. The van der Waals surface area contributed by atoms with Crippen molar-refractivity contribution in [2.45, 2.75) is 70.8 Å². The molecule has 1 rings (SSSR count). The predicted molar refractivity (Wildman–Crippen MR) is 70.7 cm³/mol. The summed E-state index contributed by atoms with van der Waals surface area (Å²) >= 11 is 0. The van der Waals surface area contributed by atoms with E-state index >= 15 is 0 Å². The topological polar surface area (TPSA) is 9.23 Å². The monoisotopic (exact) mass is 224 g/mol. The fourth-order valence-electron chi connectivity index (χ4n) is 2.56. The highest BCUT2D eigenvalue weighted by molar-refractivity contribution is 4.87. The molecule has 0 bridgehead atoms. The molecule has 16 heavy (non-hydrogen) atoms. The number of hydrogen-bond donors (Lipinski definition) is 0. The Balaban J connectivity index is 2.04. The van der Waals surface area contributed by atoms with Crippen LogP contribution in [0.5, 0.6) is 0 Å². The molecule has 2 atom stereocenters. The summed E-state index contributed by atoms with van der Waals surface area (Å²) < 4.78 is 5.84. The van der Waals surface area contributed by atoms with Gasteiger partial charge in [0.05, 0.1) is 6.10 Å². The van der Waals surface area contributed by atoms with Gasteiger partial charge in [-0.25, -0.2) is 0 Å². The van der Waals surface area contributed by atoms with Gasteiger partial charge in [0.25, 0.3) is 0 Å². The highest BCUT2D eigenvalue weighted by Crippen LogP contribution is 2.25. The van der Waals surface area contributed by atoms with Gasteiger partial charge in [-0.2, -0.15) is 0 Å². The van der Waals surface area contributed by atoms with Gasteiger partial charge in [-0.15, -0.1) is 6.58 Å². The largest absolute Gasteiger partial charge is 0.378 e. The Labute approximate surface area is 101 Å². The lowest BCUT2D eigenvalue weighted by molar-refractivity contribution is -0.0166. The lowest BCUT2D eigenvalue weighted by atomic mass is 9.91. The average molecular weight is 224 g/mol. The van der Waals surface area contributed by atoms with Gasteiger partial charge < -0.3 is 4.74 Å². The van der Waals surface area contributed by atoms with E-state index in [0.29, 0.717) is 12.0 Å². The molecular weight excluding hydrogens is 196 g/mol. The zero-order valence-electron chi connectivity index (χ0n) is 10.9. The van der Waals surface area contributed by atoms with E-state index in [1.807, 2.05) is 0 Å². The summed E-state index contributed by atoms with van der Waals surface area (Å²) in [4.78, 5) is 0. The van der Waals surface area contributed by atoms with Gasteiger partial charge in [-0.05, 0) is 19.3 Å². The quantitative estimate of drug-likeness (QED) is 0.428. The summed E-state index contributed by atoms with van der Waals surface area (Å²) in [5.41, 5.74) is 0. The number of hydrogen-bond acceptors (Lipinski definition) is 1. The first-order chi connectivity index (χ1) is 7.88. The van der Waals surface area contributed by atoms with E-state index < -0.39 is 0 Å². The van der Waals surface area contributed by atoms with E-state index in [2.05, 4.69) is 19.6 Å². The summed E-state index contributed by atoms with van der Waals surface area (Å²) in [7, 11) is 0. The number of unbranched alkanes of at least 4 members (excludes halogenated alkanes) is 5. The summed E-state index contributed by atoms with van der Waals surface area (Å²) in [6, 6.07) is 0. The second kappa shape index (κ2) is 8.81. The van der Waals surface area contributed by atoms with Crippen LogP contribution in [-0.2, 0) is 4.74 Å². The molecule has 0 aromatic carbocycles. The molecule has 0 unspecified atom stereocenters. The molecule has 1 aliphatic rings. The van der Waals surface area contributed by atoms with Crippen molar-refractivity contribution in [3.63, 3.8) is 0 Å². The first-order valence-corrected chi connectivity index (χ1v) is 7.12. The third-order valence-electron chi connectivity index (χ3n) is 3.64. The molecule has 1 fully saturated rings. The first-order valence-electron chi connectivity index (χ1n) is 7.12. The van der Waals surface area contributed by atoms with Crippen LogP contribution in [0.4, 0.5) is 0 Å². The molecule has 0 saturated carbocycles. The van der Waals surface area contributed by atoms with E-state index in [1.54, 1.807) is 0 Å². The minimum atomic E-state index is 0.470. The minimum absolute atomic E-state index is 0.470. The molecule has 0 aromatic rings. The van der Waals surface area contributed by atoms with Crippen molar-refractivity contribution in [3.8, 4) is 0 Å². The Kier molecular flexibility index (Phi) is 7.58. The van der Waals surface area contributed by atoms with Crippen molar-refractivity contribution in [3.05, 3.63) is 12.7 Å². The average Bonchev–Trinajstić information content (AvgIpc) is 2.34. The smallest absolute Gasteiger partial charge is 0.0637 e. The maximum atomic E-state index is 5.84. The fraction of sp³-hybridized carbons (Fsp3) is 0.867. The Morgan fingerprint density at radius 1 is 1.19 bits per heavy atom. The zero-order valence-corrected chi connectivity index (χ0v) is 10.9. The normalized spacial score (nSPS) is 25.6. The molecule has 1 aliphatic heterocycles. The SMILES string of the molecule is C=C[C@H]1CCCO[C@@H]1CCCCCCCC. The summed E-state index contributed by atoms with van der Waals surface area (Å²) in [5.74, 6) is 0.615. The van der Waals surface area contributed by atoms with Crippen LogP contribution in [0, 0.1) is 5.92 Å². The molecule has 1 nitrogen and oxygen atoms in total. The lowest BCUT2D eigenvalue weighted by Gasteiger charge is -2.29. The van der Waals surface area contributed by atoms with Crippen molar-refractivity contribution in [1.82, 2.24) is 0 Å². The third-order valence-corrected chi connectivity index (χ3v) is 3.64. The second-order valence-electron chi connectivity index (χ2n) is 5.01. The van der Waals surface area contributed by atoms with E-state index in [0.717, 1.165) is 6.61 Å². The summed E-state index contributed by atoms with van der Waals surface area (Å²) in [6.07, 6.45) is 14.6. The highest BCUT2D eigenvalue weighted by atomic mass is 16.5. The Morgan fingerprint density at radius 2 is 1.94 bits per heavy atom. The van der Waals surface area contributed by atoms with Crippen molar-refractivity contribution >= 4 is 0 Å². The molecule has 0 radical (unpaired) electrons. The standard InChI is InChI=1S/C15H28O/c1-3-5-6-7-8-9-12-15-14(4-2)11-10-13-16-15/h4,14-15H,2-3,5-13H2,1H3/t14-,15+/m0/s1. The fourth-order valence-corrected chi connectivity index (χ4v) is 2.56. The predicted octanol–water partition coefficient (Wildman–Crippen LogP) is 4.72. The lowest BCUT2D eigenvalue weighted by Crippen LogP contribution is -2.28. The summed E-state index contributed by atoms with van der Waals surface area (Å²) in [5, 5.41) is 0. The molecule has 0 spiro atoms. The van der Waals surface area contributed by atoms with Gasteiger partial charge in [0.2, 0.25) is 0 Å². The Hall–Kier alpha value is -0.300.